The standard InChI is InChI=1S/C47H39N3/c1-47-27-29-22-30(28-47)24-31(23-29)46(47)50-44-20-18-32(48-40-14-6-2-10-34(40)35-11-3-7-15-41(35)48)25-38(44)39-26-33(19-21-45(39)50)49-42-16-8-4-12-36(42)37-13-5-9-17-43(37)49/h2-21,25-26,29-31,46H,22-24,27-28H2,1H3. The van der Waals surface area contributed by atoms with Crippen molar-refractivity contribution in [2.75, 3.05) is 0 Å². The van der Waals surface area contributed by atoms with Crippen LogP contribution in [0.3, 0.4) is 0 Å². The first-order valence-corrected chi connectivity index (χ1v) is 18.7. The van der Waals surface area contributed by atoms with E-state index < -0.39 is 0 Å². The Bertz CT molecular complexity index is 2570. The third-order valence-electron chi connectivity index (χ3n) is 13.3. The largest absolute Gasteiger partial charge is 0.337 e. The maximum atomic E-state index is 2.83. The lowest BCUT2D eigenvalue weighted by Gasteiger charge is -2.60. The molecule has 0 aliphatic heterocycles. The summed E-state index contributed by atoms with van der Waals surface area (Å²) in [5.74, 6) is 2.61. The molecule has 4 bridgehead atoms. The molecule has 4 fully saturated rings. The van der Waals surface area contributed by atoms with Crippen molar-refractivity contribution in [3.8, 4) is 11.4 Å². The third kappa shape index (κ3) is 3.55. The van der Waals surface area contributed by atoms with Gasteiger partial charge in [-0.05, 0) is 116 Å². The summed E-state index contributed by atoms with van der Waals surface area (Å²) in [5, 5.41) is 7.95. The average Bonchev–Trinajstić information content (AvgIpc) is 3.76. The Kier molecular flexibility index (Phi) is 5.34. The highest BCUT2D eigenvalue weighted by Gasteiger charge is 2.55. The predicted octanol–water partition coefficient (Wildman–Crippen LogP) is 12.4. The van der Waals surface area contributed by atoms with Gasteiger partial charge in [-0.15, -0.1) is 0 Å². The monoisotopic (exact) mass is 645 g/mol. The maximum absolute atomic E-state index is 2.83. The summed E-state index contributed by atoms with van der Waals surface area (Å²) in [4.78, 5) is 0. The fraction of sp³-hybridized carbons (Fsp3) is 0.234. The van der Waals surface area contributed by atoms with Crippen LogP contribution in [0.25, 0.3) is 76.8 Å². The molecule has 3 aromatic heterocycles. The minimum atomic E-state index is 0.352. The van der Waals surface area contributed by atoms with Crippen molar-refractivity contribution in [1.29, 1.82) is 0 Å². The first kappa shape index (κ1) is 27.5. The molecule has 4 saturated carbocycles. The Hall–Kier alpha value is -5.28. The van der Waals surface area contributed by atoms with Gasteiger partial charge in [0.1, 0.15) is 0 Å². The van der Waals surface area contributed by atoms with Crippen molar-refractivity contribution < 1.29 is 0 Å². The van der Waals surface area contributed by atoms with E-state index in [-0.39, 0.29) is 0 Å². The Morgan fingerprint density at radius 2 is 0.840 bits per heavy atom. The van der Waals surface area contributed by atoms with Gasteiger partial charge in [-0.3, -0.25) is 0 Å². The molecule has 50 heavy (non-hydrogen) atoms. The van der Waals surface area contributed by atoms with Crippen molar-refractivity contribution in [2.45, 2.75) is 45.1 Å². The highest BCUT2D eigenvalue weighted by molar-refractivity contribution is 6.13. The molecule has 6 aromatic carbocycles. The van der Waals surface area contributed by atoms with Crippen LogP contribution in [-0.4, -0.2) is 13.7 Å². The van der Waals surface area contributed by atoms with E-state index in [4.69, 9.17) is 0 Å². The fourth-order valence-electron chi connectivity index (χ4n) is 12.0. The summed E-state index contributed by atoms with van der Waals surface area (Å²) < 4.78 is 7.79. The third-order valence-corrected chi connectivity index (χ3v) is 13.3. The summed E-state index contributed by atoms with van der Waals surface area (Å²) in [6.07, 6.45) is 7.03. The SMILES string of the molecule is CC12CC3CC(CC(C3)C1n1c3ccc(-n4c5ccccc5c5ccccc54)cc3c3cc(-n4c5ccccc5c5ccccc54)ccc31)C2. The van der Waals surface area contributed by atoms with Crippen LogP contribution >= 0.6 is 0 Å². The van der Waals surface area contributed by atoms with E-state index in [0.717, 1.165) is 17.8 Å². The van der Waals surface area contributed by atoms with Crippen LogP contribution in [0.15, 0.2) is 133 Å². The molecule has 13 rings (SSSR count). The molecule has 242 valence electrons. The normalized spacial score (nSPS) is 24.6. The van der Waals surface area contributed by atoms with Gasteiger partial charge in [0.25, 0.3) is 0 Å². The smallest absolute Gasteiger partial charge is 0.0541 e. The number of para-hydroxylation sites is 4. The summed E-state index contributed by atoms with van der Waals surface area (Å²) in [6.45, 7) is 2.64. The van der Waals surface area contributed by atoms with Crippen LogP contribution in [0.5, 0.6) is 0 Å². The van der Waals surface area contributed by atoms with E-state index in [1.54, 1.807) is 0 Å². The zero-order valence-corrected chi connectivity index (χ0v) is 28.4. The lowest BCUT2D eigenvalue weighted by molar-refractivity contribution is -0.0872. The van der Waals surface area contributed by atoms with Crippen molar-refractivity contribution in [1.82, 2.24) is 13.7 Å². The van der Waals surface area contributed by atoms with Crippen LogP contribution in [0.4, 0.5) is 0 Å². The second kappa shape index (κ2) is 9.69. The molecule has 0 radical (unpaired) electrons. The van der Waals surface area contributed by atoms with Gasteiger partial charge in [0.05, 0.1) is 22.1 Å². The Morgan fingerprint density at radius 1 is 0.440 bits per heavy atom. The molecule has 0 N–H and O–H groups in total. The van der Waals surface area contributed by atoms with E-state index in [0.29, 0.717) is 11.5 Å². The Balaban J connectivity index is 1.16. The molecule has 0 saturated heterocycles. The van der Waals surface area contributed by atoms with Crippen LogP contribution in [0.2, 0.25) is 0 Å². The van der Waals surface area contributed by atoms with Gasteiger partial charge in [0, 0.05) is 60.8 Å². The van der Waals surface area contributed by atoms with E-state index in [9.17, 15) is 0 Å². The van der Waals surface area contributed by atoms with Crippen LogP contribution in [-0.2, 0) is 0 Å². The maximum Gasteiger partial charge on any atom is 0.0541 e. The molecule has 4 aliphatic rings. The highest BCUT2D eigenvalue weighted by atomic mass is 15.1. The molecule has 3 heteroatoms. The molecule has 3 atom stereocenters. The molecule has 3 nitrogen and oxygen atoms in total. The minimum absolute atomic E-state index is 0.352. The van der Waals surface area contributed by atoms with Crippen molar-refractivity contribution in [2.24, 2.45) is 23.2 Å². The zero-order chi connectivity index (χ0) is 32.7. The summed E-state index contributed by atoms with van der Waals surface area (Å²) in [7, 11) is 0. The Labute approximate surface area is 291 Å². The lowest BCUT2D eigenvalue weighted by Crippen LogP contribution is -2.51. The average molecular weight is 646 g/mol. The second-order valence-electron chi connectivity index (χ2n) is 16.2. The predicted molar refractivity (Wildman–Crippen MR) is 209 cm³/mol. The van der Waals surface area contributed by atoms with Gasteiger partial charge in [-0.1, -0.05) is 79.7 Å². The quantitative estimate of drug-likeness (QED) is 0.182. The summed E-state index contributed by atoms with van der Waals surface area (Å²) in [5.41, 5.74) is 10.6. The molecule has 0 amide bonds. The molecule has 3 unspecified atom stereocenters. The number of aromatic nitrogens is 3. The van der Waals surface area contributed by atoms with E-state index in [2.05, 4.69) is 154 Å². The van der Waals surface area contributed by atoms with Crippen molar-refractivity contribution >= 4 is 65.4 Å². The van der Waals surface area contributed by atoms with Crippen molar-refractivity contribution in [3.63, 3.8) is 0 Å². The van der Waals surface area contributed by atoms with E-state index in [1.165, 1.54) is 109 Å². The van der Waals surface area contributed by atoms with Crippen LogP contribution < -0.4 is 0 Å². The molecule has 4 aliphatic carbocycles. The number of benzene rings is 6. The van der Waals surface area contributed by atoms with Crippen molar-refractivity contribution in [3.05, 3.63) is 133 Å². The number of nitrogens with zero attached hydrogens (tertiary/aromatic N) is 3. The fourth-order valence-corrected chi connectivity index (χ4v) is 12.0. The van der Waals surface area contributed by atoms with Gasteiger partial charge in [0.2, 0.25) is 0 Å². The molecule has 0 spiro atoms. The lowest BCUT2D eigenvalue weighted by atomic mass is 9.48. The topological polar surface area (TPSA) is 14.8 Å². The highest BCUT2D eigenvalue weighted by Crippen LogP contribution is 2.65. The number of hydrogen-bond acceptors (Lipinski definition) is 0. The molecule has 9 aromatic rings. The van der Waals surface area contributed by atoms with E-state index >= 15 is 0 Å². The van der Waals surface area contributed by atoms with E-state index in [1.807, 2.05) is 0 Å². The zero-order valence-electron chi connectivity index (χ0n) is 28.4. The Morgan fingerprint density at radius 3 is 1.24 bits per heavy atom. The first-order chi connectivity index (χ1) is 24.6. The van der Waals surface area contributed by atoms with Gasteiger partial charge in [-0.2, -0.15) is 0 Å². The summed E-state index contributed by atoms with van der Waals surface area (Å²) in [6, 6.07) is 50.8. The number of fused-ring (bicyclic) bond motifs is 9. The molecular weight excluding hydrogens is 607 g/mol. The number of hydrogen-bond donors (Lipinski definition) is 0. The van der Waals surface area contributed by atoms with Gasteiger partial charge in [-0.25, -0.2) is 0 Å². The van der Waals surface area contributed by atoms with Gasteiger partial charge < -0.3 is 13.7 Å². The van der Waals surface area contributed by atoms with Crippen LogP contribution in [0, 0.1) is 23.2 Å². The van der Waals surface area contributed by atoms with Gasteiger partial charge in [0.15, 0.2) is 0 Å². The minimum Gasteiger partial charge on any atom is -0.337 e. The molecular formula is C47H39N3. The first-order valence-electron chi connectivity index (χ1n) is 18.7. The molecule has 3 heterocycles. The second-order valence-corrected chi connectivity index (χ2v) is 16.2. The summed E-state index contributed by atoms with van der Waals surface area (Å²) >= 11 is 0. The van der Waals surface area contributed by atoms with Crippen LogP contribution in [0.1, 0.15) is 45.1 Å². The number of rotatable bonds is 3. The van der Waals surface area contributed by atoms with Gasteiger partial charge >= 0.3 is 0 Å².